The number of rotatable bonds is 5. The van der Waals surface area contributed by atoms with Crippen molar-refractivity contribution in [2.75, 3.05) is 6.61 Å². The van der Waals surface area contributed by atoms with E-state index >= 15 is 0 Å². The summed E-state index contributed by atoms with van der Waals surface area (Å²) in [6, 6.07) is 0. The van der Waals surface area contributed by atoms with Crippen LogP contribution in [0.5, 0.6) is 0 Å². The van der Waals surface area contributed by atoms with Crippen LogP contribution in [0.1, 0.15) is 73.1 Å². The van der Waals surface area contributed by atoms with Gasteiger partial charge < -0.3 is 4.74 Å². The maximum absolute atomic E-state index is 13.6. The number of nitrogens with zero attached hydrogens (tertiary/aromatic N) is 2. The minimum Gasteiger partial charge on any atom is -0.461 e. The topological polar surface area (TPSA) is 44.1 Å². The second kappa shape index (κ2) is 6.81. The molecule has 0 bridgehead atoms. The third kappa shape index (κ3) is 4.01. The van der Waals surface area contributed by atoms with Crippen LogP contribution in [0.4, 0.5) is 22.0 Å². The Bertz CT molecular complexity index is 669. The third-order valence-corrected chi connectivity index (χ3v) is 4.96. The summed E-state index contributed by atoms with van der Waals surface area (Å²) in [5.74, 6) is -4.34. The molecule has 2 fully saturated rings. The molecule has 1 aromatic rings. The van der Waals surface area contributed by atoms with Crippen LogP contribution in [0.15, 0.2) is 0 Å². The molecule has 0 saturated heterocycles. The molecular weight excluding hydrogens is 359 g/mol. The van der Waals surface area contributed by atoms with E-state index in [9.17, 15) is 26.7 Å². The van der Waals surface area contributed by atoms with Gasteiger partial charge in [0.1, 0.15) is 5.56 Å². The highest BCUT2D eigenvalue weighted by molar-refractivity contribution is 5.90. The number of halogens is 5. The van der Waals surface area contributed by atoms with Crippen LogP contribution in [0.3, 0.4) is 0 Å². The quantitative estimate of drug-likeness (QED) is 0.545. The molecule has 146 valence electrons. The van der Waals surface area contributed by atoms with Gasteiger partial charge in [0.25, 0.3) is 0 Å². The Morgan fingerprint density at radius 1 is 1.23 bits per heavy atom. The highest BCUT2D eigenvalue weighted by atomic mass is 19.4. The first-order valence-electron chi connectivity index (χ1n) is 8.85. The van der Waals surface area contributed by atoms with Crippen LogP contribution >= 0.6 is 0 Å². The molecule has 0 radical (unpaired) electrons. The molecule has 1 aromatic heterocycles. The van der Waals surface area contributed by atoms with E-state index in [1.54, 1.807) is 0 Å². The van der Waals surface area contributed by atoms with Gasteiger partial charge in [-0.15, -0.1) is 0 Å². The molecular formula is C17H21F5N2O2. The second-order valence-electron chi connectivity index (χ2n) is 7.08. The van der Waals surface area contributed by atoms with Gasteiger partial charge in [0.15, 0.2) is 5.69 Å². The van der Waals surface area contributed by atoms with Gasteiger partial charge in [0, 0.05) is 25.3 Å². The van der Waals surface area contributed by atoms with E-state index in [4.69, 9.17) is 4.74 Å². The Labute approximate surface area is 147 Å². The van der Waals surface area contributed by atoms with E-state index in [0.717, 1.165) is 4.68 Å². The standard InChI is InChI=1S/C17H21F5N2O2/c1-2-26-15(25)14-12(17(20,21)22)13(11-3-4-11)23-24(14)9-10-5-7-16(18,19)8-6-10/h10-11H,2-9H2,1H3. The first kappa shape index (κ1) is 19.1. The summed E-state index contributed by atoms with van der Waals surface area (Å²) in [6.07, 6.45) is -3.75. The van der Waals surface area contributed by atoms with Gasteiger partial charge in [-0.2, -0.15) is 18.3 Å². The molecule has 1 heterocycles. The van der Waals surface area contributed by atoms with Crippen molar-refractivity contribution in [3.05, 3.63) is 17.0 Å². The number of aromatic nitrogens is 2. The lowest BCUT2D eigenvalue weighted by molar-refractivity contribution is -0.138. The van der Waals surface area contributed by atoms with Gasteiger partial charge in [-0.05, 0) is 38.5 Å². The van der Waals surface area contributed by atoms with Gasteiger partial charge >= 0.3 is 12.1 Å². The van der Waals surface area contributed by atoms with Gasteiger partial charge in [-0.25, -0.2) is 13.6 Å². The Morgan fingerprint density at radius 3 is 2.35 bits per heavy atom. The molecule has 0 amide bonds. The van der Waals surface area contributed by atoms with Crippen LogP contribution in [0.2, 0.25) is 0 Å². The lowest BCUT2D eigenvalue weighted by Gasteiger charge is -2.28. The number of carbonyl (C=O) groups excluding carboxylic acids is 1. The zero-order valence-electron chi connectivity index (χ0n) is 14.4. The average molecular weight is 380 g/mol. The minimum absolute atomic E-state index is 0.0139. The van der Waals surface area contributed by atoms with E-state index in [0.29, 0.717) is 12.8 Å². The van der Waals surface area contributed by atoms with Gasteiger partial charge in [0.05, 0.1) is 12.3 Å². The van der Waals surface area contributed by atoms with Crippen molar-refractivity contribution >= 4 is 5.97 Å². The average Bonchev–Trinajstić information content (AvgIpc) is 3.30. The summed E-state index contributed by atoms with van der Waals surface area (Å²) >= 11 is 0. The fourth-order valence-corrected chi connectivity index (χ4v) is 3.47. The van der Waals surface area contributed by atoms with Crippen molar-refractivity contribution < 1.29 is 31.5 Å². The van der Waals surface area contributed by atoms with Crippen LogP contribution in [-0.4, -0.2) is 28.3 Å². The van der Waals surface area contributed by atoms with Crippen LogP contribution in [-0.2, 0) is 17.5 Å². The SMILES string of the molecule is CCOC(=O)c1c(C(F)(F)F)c(C2CC2)nn1CC1CCC(F)(F)CC1. The molecule has 3 rings (SSSR count). The van der Waals surface area contributed by atoms with E-state index in [2.05, 4.69) is 5.10 Å². The number of esters is 1. The molecule has 0 spiro atoms. The molecule has 0 aromatic carbocycles. The molecule has 9 heteroatoms. The van der Waals surface area contributed by atoms with E-state index in [1.165, 1.54) is 6.92 Å². The van der Waals surface area contributed by atoms with Gasteiger partial charge in [-0.1, -0.05) is 0 Å². The second-order valence-corrected chi connectivity index (χ2v) is 7.08. The first-order chi connectivity index (χ1) is 12.1. The van der Waals surface area contributed by atoms with Crippen molar-refractivity contribution in [2.24, 2.45) is 5.92 Å². The molecule has 0 atom stereocenters. The fourth-order valence-electron chi connectivity index (χ4n) is 3.47. The predicted molar refractivity (Wildman–Crippen MR) is 82.1 cm³/mol. The summed E-state index contributed by atoms with van der Waals surface area (Å²) in [5, 5.41) is 4.08. The Morgan fingerprint density at radius 2 is 1.85 bits per heavy atom. The van der Waals surface area contributed by atoms with E-state index in [-0.39, 0.29) is 56.4 Å². The third-order valence-electron chi connectivity index (χ3n) is 4.96. The van der Waals surface area contributed by atoms with Crippen molar-refractivity contribution in [1.29, 1.82) is 0 Å². The largest absolute Gasteiger partial charge is 0.461 e. The number of hydrogen-bond acceptors (Lipinski definition) is 3. The summed E-state index contributed by atoms with van der Waals surface area (Å²) in [5.41, 5.74) is -1.75. The van der Waals surface area contributed by atoms with Crippen LogP contribution < -0.4 is 0 Å². The lowest BCUT2D eigenvalue weighted by Crippen LogP contribution is -2.28. The zero-order valence-corrected chi connectivity index (χ0v) is 14.4. The van der Waals surface area contributed by atoms with Gasteiger partial charge in [-0.3, -0.25) is 4.68 Å². The molecule has 2 aliphatic rings. The van der Waals surface area contributed by atoms with Crippen molar-refractivity contribution in [3.8, 4) is 0 Å². The van der Waals surface area contributed by atoms with Crippen LogP contribution in [0.25, 0.3) is 0 Å². The number of ether oxygens (including phenoxy) is 1. The summed E-state index contributed by atoms with van der Waals surface area (Å²) in [6.45, 7) is 1.46. The van der Waals surface area contributed by atoms with E-state index in [1.807, 2.05) is 0 Å². The van der Waals surface area contributed by atoms with Gasteiger partial charge in [0.2, 0.25) is 5.92 Å². The minimum atomic E-state index is -4.72. The van der Waals surface area contributed by atoms with Crippen molar-refractivity contribution in [2.45, 2.75) is 70.0 Å². The molecule has 2 saturated carbocycles. The smallest absolute Gasteiger partial charge is 0.420 e. The molecule has 26 heavy (non-hydrogen) atoms. The fraction of sp³-hybridized carbons (Fsp3) is 0.765. The maximum Gasteiger partial charge on any atom is 0.420 e. The van der Waals surface area contributed by atoms with E-state index < -0.39 is 29.3 Å². The predicted octanol–water partition coefficient (Wildman–Crippen LogP) is 4.78. The monoisotopic (exact) mass is 380 g/mol. The normalized spacial score (nSPS) is 21.0. The highest BCUT2D eigenvalue weighted by Crippen LogP contribution is 2.47. The van der Waals surface area contributed by atoms with Crippen molar-refractivity contribution in [3.63, 3.8) is 0 Å². The molecule has 0 N–H and O–H groups in total. The maximum atomic E-state index is 13.6. The summed E-state index contributed by atoms with van der Waals surface area (Å²) in [4.78, 5) is 12.2. The lowest BCUT2D eigenvalue weighted by atomic mass is 9.87. The first-order valence-corrected chi connectivity index (χ1v) is 8.85. The summed E-state index contributed by atoms with van der Waals surface area (Å²) < 4.78 is 73.4. The Kier molecular flexibility index (Phi) is 5.00. The Hall–Kier alpha value is -1.67. The number of carbonyl (C=O) groups is 1. The summed E-state index contributed by atoms with van der Waals surface area (Å²) in [7, 11) is 0. The number of alkyl halides is 5. The molecule has 0 aliphatic heterocycles. The van der Waals surface area contributed by atoms with Crippen LogP contribution in [0, 0.1) is 5.92 Å². The molecule has 2 aliphatic carbocycles. The number of hydrogen-bond donors (Lipinski definition) is 0. The van der Waals surface area contributed by atoms with Crippen molar-refractivity contribution in [1.82, 2.24) is 9.78 Å². The zero-order chi connectivity index (χ0) is 19.1. The molecule has 4 nitrogen and oxygen atoms in total. The highest BCUT2D eigenvalue weighted by Gasteiger charge is 2.46. The molecule has 0 unspecified atom stereocenters. The Balaban J connectivity index is 1.94.